The highest BCUT2D eigenvalue weighted by Gasteiger charge is 2.13. The van der Waals surface area contributed by atoms with Gasteiger partial charge in [-0.1, -0.05) is 30.3 Å². The van der Waals surface area contributed by atoms with E-state index in [1.165, 1.54) is 18.2 Å². The first-order valence-corrected chi connectivity index (χ1v) is 8.83. The molecule has 5 nitrogen and oxygen atoms in total. The van der Waals surface area contributed by atoms with Crippen molar-refractivity contribution in [2.75, 3.05) is 0 Å². The molecular weight excluding hydrogens is 371 g/mol. The summed E-state index contributed by atoms with van der Waals surface area (Å²) >= 11 is 0. The molecule has 0 unspecified atom stereocenters. The molecule has 0 radical (unpaired) electrons. The monoisotopic (exact) mass is 386 g/mol. The summed E-state index contributed by atoms with van der Waals surface area (Å²) in [5.41, 5.74) is 2.79. The maximum absolute atomic E-state index is 13.2. The lowest BCUT2D eigenvalue weighted by Gasteiger charge is -2.02. The minimum absolute atomic E-state index is 0.111. The van der Waals surface area contributed by atoms with E-state index < -0.39 is 5.97 Å². The SMILES string of the molecule is N#C/C(=C/c1cn(Cc2ccc(C(=O)O)o2)c2ccccc12)c1ccc(F)cc1. The number of carbonyl (C=O) groups is 1. The number of aromatic carboxylic acids is 1. The van der Waals surface area contributed by atoms with Crippen molar-refractivity contribution >= 4 is 28.5 Å². The molecule has 6 heteroatoms. The summed E-state index contributed by atoms with van der Waals surface area (Å²) in [7, 11) is 0. The van der Waals surface area contributed by atoms with E-state index in [4.69, 9.17) is 9.52 Å². The van der Waals surface area contributed by atoms with E-state index in [0.717, 1.165) is 16.5 Å². The van der Waals surface area contributed by atoms with Crippen molar-refractivity contribution < 1.29 is 18.7 Å². The molecule has 0 bridgehead atoms. The minimum atomic E-state index is -1.12. The second-order valence-corrected chi connectivity index (χ2v) is 6.48. The molecule has 142 valence electrons. The summed E-state index contributed by atoms with van der Waals surface area (Å²) in [4.78, 5) is 11.0. The average Bonchev–Trinajstić information content (AvgIpc) is 3.33. The summed E-state index contributed by atoms with van der Waals surface area (Å²) in [6.45, 7) is 0.347. The summed E-state index contributed by atoms with van der Waals surface area (Å²) < 4.78 is 20.5. The number of allylic oxidation sites excluding steroid dienone is 1. The molecule has 0 aliphatic carbocycles. The van der Waals surface area contributed by atoms with E-state index in [1.54, 1.807) is 24.3 Å². The number of carboxylic acids is 1. The lowest BCUT2D eigenvalue weighted by molar-refractivity contribution is 0.0660. The first kappa shape index (κ1) is 18.3. The zero-order valence-electron chi connectivity index (χ0n) is 15.2. The highest BCUT2D eigenvalue weighted by Crippen LogP contribution is 2.27. The molecular formula is C23H15FN2O3. The fourth-order valence-electron chi connectivity index (χ4n) is 3.23. The maximum atomic E-state index is 13.2. The van der Waals surface area contributed by atoms with Crippen LogP contribution in [0.25, 0.3) is 22.6 Å². The van der Waals surface area contributed by atoms with Crippen LogP contribution in [0.5, 0.6) is 0 Å². The van der Waals surface area contributed by atoms with E-state index >= 15 is 0 Å². The third kappa shape index (κ3) is 3.66. The normalized spacial score (nSPS) is 11.5. The number of hydrogen-bond acceptors (Lipinski definition) is 3. The molecule has 4 rings (SSSR count). The summed E-state index contributed by atoms with van der Waals surface area (Å²) in [6.07, 6.45) is 3.64. The van der Waals surface area contributed by atoms with Crippen molar-refractivity contribution in [2.24, 2.45) is 0 Å². The van der Waals surface area contributed by atoms with Gasteiger partial charge in [0.1, 0.15) is 11.6 Å². The molecule has 0 atom stereocenters. The number of para-hydroxylation sites is 1. The van der Waals surface area contributed by atoms with Gasteiger partial charge in [0.25, 0.3) is 0 Å². The molecule has 2 aromatic carbocycles. The van der Waals surface area contributed by atoms with E-state index in [2.05, 4.69) is 6.07 Å². The van der Waals surface area contributed by atoms with Gasteiger partial charge in [-0.05, 0) is 42.0 Å². The van der Waals surface area contributed by atoms with E-state index in [0.29, 0.717) is 23.4 Å². The van der Waals surface area contributed by atoms with Crippen LogP contribution in [0.15, 0.2) is 71.3 Å². The number of benzene rings is 2. The molecule has 2 aromatic heterocycles. The zero-order valence-corrected chi connectivity index (χ0v) is 15.2. The van der Waals surface area contributed by atoms with Crippen molar-refractivity contribution in [1.82, 2.24) is 4.57 Å². The van der Waals surface area contributed by atoms with Crippen LogP contribution >= 0.6 is 0 Å². The lowest BCUT2D eigenvalue weighted by Crippen LogP contribution is -1.97. The number of halogens is 1. The molecule has 29 heavy (non-hydrogen) atoms. The van der Waals surface area contributed by atoms with E-state index in [9.17, 15) is 14.4 Å². The number of hydrogen-bond donors (Lipinski definition) is 1. The second kappa shape index (κ2) is 7.49. The Bertz CT molecular complexity index is 1270. The molecule has 0 aliphatic heterocycles. The standard InChI is InChI=1S/C23H15FN2O3/c24-18-7-5-15(6-8-18)16(12-25)11-17-13-26(21-4-2-1-3-20(17)21)14-19-9-10-22(29-19)23(27)28/h1-11,13H,14H2,(H,27,28)/b16-11-. The van der Waals surface area contributed by atoms with Crippen LogP contribution in [0, 0.1) is 17.1 Å². The largest absolute Gasteiger partial charge is 0.475 e. The number of nitriles is 1. The summed E-state index contributed by atoms with van der Waals surface area (Å²) in [6, 6.07) is 18.7. The summed E-state index contributed by atoms with van der Waals surface area (Å²) in [5, 5.41) is 19.6. The topological polar surface area (TPSA) is 79.2 Å². The van der Waals surface area contributed by atoms with Crippen LogP contribution in [0.2, 0.25) is 0 Å². The van der Waals surface area contributed by atoms with Crippen LogP contribution in [0.4, 0.5) is 4.39 Å². The quantitative estimate of drug-likeness (QED) is 0.479. The van der Waals surface area contributed by atoms with Gasteiger partial charge >= 0.3 is 5.97 Å². The van der Waals surface area contributed by atoms with Crippen LogP contribution in [-0.2, 0) is 6.54 Å². The van der Waals surface area contributed by atoms with Crippen molar-refractivity contribution in [1.29, 1.82) is 5.26 Å². The number of carboxylic acid groups (broad SMARTS) is 1. The average molecular weight is 386 g/mol. The third-order valence-corrected chi connectivity index (χ3v) is 4.59. The van der Waals surface area contributed by atoms with Crippen molar-refractivity contribution in [3.8, 4) is 6.07 Å². The van der Waals surface area contributed by atoms with Gasteiger partial charge in [0.15, 0.2) is 0 Å². The highest BCUT2D eigenvalue weighted by atomic mass is 19.1. The van der Waals surface area contributed by atoms with Gasteiger partial charge in [-0.2, -0.15) is 5.26 Å². The van der Waals surface area contributed by atoms with Gasteiger partial charge in [0.05, 0.1) is 18.2 Å². The molecule has 0 saturated heterocycles. The van der Waals surface area contributed by atoms with Crippen LogP contribution in [0.3, 0.4) is 0 Å². The number of rotatable bonds is 5. The Morgan fingerprint density at radius 3 is 2.59 bits per heavy atom. The molecule has 0 amide bonds. The fraction of sp³-hybridized carbons (Fsp3) is 0.0435. The number of furan rings is 1. The van der Waals surface area contributed by atoms with Crippen LogP contribution in [0.1, 0.15) is 27.4 Å². The first-order valence-electron chi connectivity index (χ1n) is 8.83. The molecule has 0 saturated carbocycles. The Hall–Kier alpha value is -4.11. The molecule has 1 N–H and O–H groups in total. The number of nitrogens with zero attached hydrogens (tertiary/aromatic N) is 2. The second-order valence-electron chi connectivity index (χ2n) is 6.48. The maximum Gasteiger partial charge on any atom is 0.371 e. The molecule has 4 aromatic rings. The van der Waals surface area contributed by atoms with Crippen molar-refractivity contribution in [3.63, 3.8) is 0 Å². The van der Waals surface area contributed by atoms with Gasteiger partial charge in [-0.3, -0.25) is 0 Å². The zero-order chi connectivity index (χ0) is 20.4. The van der Waals surface area contributed by atoms with Gasteiger partial charge in [0, 0.05) is 22.7 Å². The predicted molar refractivity (Wildman–Crippen MR) is 107 cm³/mol. The Kier molecular flexibility index (Phi) is 4.71. The Morgan fingerprint density at radius 2 is 1.90 bits per heavy atom. The molecule has 0 spiro atoms. The van der Waals surface area contributed by atoms with E-state index in [-0.39, 0.29) is 11.6 Å². The van der Waals surface area contributed by atoms with Crippen molar-refractivity contribution in [3.05, 3.63) is 95.3 Å². The predicted octanol–water partition coefficient (Wildman–Crippen LogP) is 5.18. The highest BCUT2D eigenvalue weighted by molar-refractivity contribution is 5.98. The number of fused-ring (bicyclic) bond motifs is 1. The van der Waals surface area contributed by atoms with Gasteiger partial charge in [-0.25, -0.2) is 9.18 Å². The molecule has 2 heterocycles. The first-order chi connectivity index (χ1) is 14.0. The Morgan fingerprint density at radius 1 is 1.14 bits per heavy atom. The Labute approximate surface area is 165 Å². The molecule has 0 aliphatic rings. The van der Waals surface area contributed by atoms with E-state index in [1.807, 2.05) is 35.0 Å². The molecule has 0 fully saturated rings. The van der Waals surface area contributed by atoms with Crippen molar-refractivity contribution in [2.45, 2.75) is 6.54 Å². The van der Waals surface area contributed by atoms with Gasteiger partial charge in [0.2, 0.25) is 5.76 Å². The third-order valence-electron chi connectivity index (χ3n) is 4.59. The lowest BCUT2D eigenvalue weighted by atomic mass is 10.0. The number of aromatic nitrogens is 1. The summed E-state index contributed by atoms with van der Waals surface area (Å²) in [5.74, 6) is -1.07. The van der Waals surface area contributed by atoms with Crippen LogP contribution in [-0.4, -0.2) is 15.6 Å². The minimum Gasteiger partial charge on any atom is -0.475 e. The Balaban J connectivity index is 1.76. The van der Waals surface area contributed by atoms with Crippen LogP contribution < -0.4 is 0 Å². The smallest absolute Gasteiger partial charge is 0.371 e. The van der Waals surface area contributed by atoms with Gasteiger partial charge < -0.3 is 14.1 Å². The fourth-order valence-corrected chi connectivity index (χ4v) is 3.23. The van der Waals surface area contributed by atoms with Gasteiger partial charge in [-0.15, -0.1) is 0 Å².